The van der Waals surface area contributed by atoms with Crippen LogP contribution in [0, 0.1) is 0 Å². The predicted molar refractivity (Wildman–Crippen MR) is 72.5 cm³/mol. The molecule has 0 amide bonds. The standard InChI is InChI=1S/C12H11Cl2NS/c1-15-7-8-2-3-9(13)6-10(8)12-11(14)4-5-16-12/h2-6,15H,7H2,1H3. The molecule has 0 radical (unpaired) electrons. The molecule has 0 aliphatic rings. The lowest BCUT2D eigenvalue weighted by atomic mass is 10.1. The topological polar surface area (TPSA) is 12.0 Å². The lowest BCUT2D eigenvalue weighted by molar-refractivity contribution is 0.820. The van der Waals surface area contributed by atoms with Crippen molar-refractivity contribution >= 4 is 34.5 Å². The van der Waals surface area contributed by atoms with Crippen molar-refractivity contribution in [3.63, 3.8) is 0 Å². The Bertz CT molecular complexity index is 494. The van der Waals surface area contributed by atoms with Gasteiger partial charge in [0.15, 0.2) is 0 Å². The van der Waals surface area contributed by atoms with Crippen molar-refractivity contribution in [2.45, 2.75) is 6.54 Å². The zero-order valence-electron chi connectivity index (χ0n) is 8.76. The third kappa shape index (κ3) is 2.41. The second-order valence-corrected chi connectivity index (χ2v) is 5.19. The van der Waals surface area contributed by atoms with Gasteiger partial charge in [-0.2, -0.15) is 0 Å². The average Bonchev–Trinajstić information content (AvgIpc) is 2.67. The molecule has 4 heteroatoms. The van der Waals surface area contributed by atoms with Crippen LogP contribution in [-0.4, -0.2) is 7.05 Å². The molecule has 1 aromatic carbocycles. The fourth-order valence-corrected chi connectivity index (χ4v) is 2.97. The van der Waals surface area contributed by atoms with Gasteiger partial charge in [0, 0.05) is 11.6 Å². The van der Waals surface area contributed by atoms with E-state index in [4.69, 9.17) is 23.2 Å². The first-order valence-corrected chi connectivity index (χ1v) is 6.52. The molecule has 0 aliphatic carbocycles. The summed E-state index contributed by atoms with van der Waals surface area (Å²) >= 11 is 13.8. The van der Waals surface area contributed by atoms with Crippen molar-refractivity contribution in [2.24, 2.45) is 0 Å². The Hall–Kier alpha value is -0.540. The van der Waals surface area contributed by atoms with Crippen LogP contribution in [0.3, 0.4) is 0 Å². The van der Waals surface area contributed by atoms with Gasteiger partial charge < -0.3 is 5.32 Å². The van der Waals surface area contributed by atoms with Gasteiger partial charge in [0.2, 0.25) is 0 Å². The summed E-state index contributed by atoms with van der Waals surface area (Å²) < 4.78 is 0. The van der Waals surface area contributed by atoms with Crippen LogP contribution in [0.5, 0.6) is 0 Å². The summed E-state index contributed by atoms with van der Waals surface area (Å²) in [4.78, 5) is 1.08. The van der Waals surface area contributed by atoms with Crippen LogP contribution in [0.2, 0.25) is 10.0 Å². The van der Waals surface area contributed by atoms with Crippen LogP contribution in [0.25, 0.3) is 10.4 Å². The molecule has 1 nitrogen and oxygen atoms in total. The third-order valence-corrected chi connectivity index (χ3v) is 3.91. The van der Waals surface area contributed by atoms with Crippen molar-refractivity contribution in [1.29, 1.82) is 0 Å². The molecular formula is C12H11Cl2NS. The second kappa shape index (κ2) is 5.19. The SMILES string of the molecule is CNCc1ccc(Cl)cc1-c1sccc1Cl. The van der Waals surface area contributed by atoms with Gasteiger partial charge >= 0.3 is 0 Å². The molecule has 1 N–H and O–H groups in total. The number of hydrogen-bond acceptors (Lipinski definition) is 2. The van der Waals surface area contributed by atoms with Crippen LogP contribution in [0.15, 0.2) is 29.6 Å². The number of rotatable bonds is 3. The highest BCUT2D eigenvalue weighted by Crippen LogP contribution is 2.36. The van der Waals surface area contributed by atoms with E-state index in [2.05, 4.69) is 5.32 Å². The minimum atomic E-state index is 0.735. The fourth-order valence-electron chi connectivity index (χ4n) is 1.59. The quantitative estimate of drug-likeness (QED) is 0.870. The second-order valence-electron chi connectivity index (χ2n) is 3.43. The van der Waals surface area contributed by atoms with E-state index < -0.39 is 0 Å². The van der Waals surface area contributed by atoms with E-state index in [-0.39, 0.29) is 0 Å². The average molecular weight is 272 g/mol. The van der Waals surface area contributed by atoms with Gasteiger partial charge in [0.05, 0.1) is 9.90 Å². The van der Waals surface area contributed by atoms with Crippen LogP contribution in [0.4, 0.5) is 0 Å². The van der Waals surface area contributed by atoms with E-state index in [0.717, 1.165) is 27.0 Å². The van der Waals surface area contributed by atoms with Crippen LogP contribution < -0.4 is 5.32 Å². The Morgan fingerprint density at radius 1 is 1.25 bits per heavy atom. The molecule has 0 fully saturated rings. The molecule has 0 unspecified atom stereocenters. The highest BCUT2D eigenvalue weighted by molar-refractivity contribution is 7.14. The van der Waals surface area contributed by atoms with Gasteiger partial charge in [-0.1, -0.05) is 29.3 Å². The molecule has 2 rings (SSSR count). The van der Waals surface area contributed by atoms with Crippen molar-refractivity contribution in [2.75, 3.05) is 7.05 Å². The maximum absolute atomic E-state index is 6.15. The number of nitrogens with one attached hydrogen (secondary N) is 1. The molecular weight excluding hydrogens is 261 g/mol. The Morgan fingerprint density at radius 3 is 2.69 bits per heavy atom. The fraction of sp³-hybridized carbons (Fsp3) is 0.167. The Labute approximate surface area is 109 Å². The molecule has 16 heavy (non-hydrogen) atoms. The van der Waals surface area contributed by atoms with Gasteiger partial charge in [0.25, 0.3) is 0 Å². The van der Waals surface area contributed by atoms with Gasteiger partial charge in [0.1, 0.15) is 0 Å². The first-order chi connectivity index (χ1) is 7.72. The third-order valence-electron chi connectivity index (χ3n) is 2.30. The molecule has 84 valence electrons. The van der Waals surface area contributed by atoms with E-state index in [1.54, 1.807) is 11.3 Å². The predicted octanol–water partition coefficient (Wildman–Crippen LogP) is 4.44. The summed E-state index contributed by atoms with van der Waals surface area (Å²) in [5.74, 6) is 0. The van der Waals surface area contributed by atoms with Crippen LogP contribution >= 0.6 is 34.5 Å². The minimum absolute atomic E-state index is 0.735. The van der Waals surface area contributed by atoms with E-state index >= 15 is 0 Å². The van der Waals surface area contributed by atoms with Crippen LogP contribution in [0.1, 0.15) is 5.56 Å². The maximum Gasteiger partial charge on any atom is 0.0592 e. The Balaban J connectivity index is 2.53. The monoisotopic (exact) mass is 271 g/mol. The lowest BCUT2D eigenvalue weighted by Gasteiger charge is -2.08. The smallest absolute Gasteiger partial charge is 0.0592 e. The normalized spacial score (nSPS) is 10.7. The number of hydrogen-bond donors (Lipinski definition) is 1. The minimum Gasteiger partial charge on any atom is -0.316 e. The first-order valence-electron chi connectivity index (χ1n) is 4.88. The van der Waals surface area contributed by atoms with Crippen molar-refractivity contribution < 1.29 is 0 Å². The molecule has 1 heterocycles. The van der Waals surface area contributed by atoms with Gasteiger partial charge in [-0.25, -0.2) is 0 Å². The van der Waals surface area contributed by atoms with Gasteiger partial charge in [-0.05, 0) is 41.8 Å². The Morgan fingerprint density at radius 2 is 2.06 bits per heavy atom. The molecule has 0 spiro atoms. The summed E-state index contributed by atoms with van der Waals surface area (Å²) in [5, 5.41) is 6.65. The zero-order chi connectivity index (χ0) is 11.5. The largest absolute Gasteiger partial charge is 0.316 e. The summed E-state index contributed by atoms with van der Waals surface area (Å²) in [7, 11) is 1.93. The van der Waals surface area contributed by atoms with E-state index in [1.165, 1.54) is 5.56 Å². The van der Waals surface area contributed by atoms with Crippen LogP contribution in [-0.2, 0) is 6.54 Å². The molecule has 0 atom stereocenters. The number of halogens is 2. The Kier molecular flexibility index (Phi) is 3.87. The van der Waals surface area contributed by atoms with Crippen molar-refractivity contribution in [1.82, 2.24) is 5.32 Å². The summed E-state index contributed by atoms with van der Waals surface area (Å²) in [6, 6.07) is 7.81. The summed E-state index contributed by atoms with van der Waals surface area (Å²) in [6.07, 6.45) is 0. The highest BCUT2D eigenvalue weighted by atomic mass is 35.5. The van der Waals surface area contributed by atoms with E-state index in [9.17, 15) is 0 Å². The molecule has 0 aliphatic heterocycles. The lowest BCUT2D eigenvalue weighted by Crippen LogP contribution is -2.06. The zero-order valence-corrected chi connectivity index (χ0v) is 11.1. The first kappa shape index (κ1) is 11.9. The molecule has 2 aromatic rings. The van der Waals surface area contributed by atoms with E-state index in [0.29, 0.717) is 0 Å². The van der Waals surface area contributed by atoms with Gasteiger partial charge in [-0.3, -0.25) is 0 Å². The molecule has 0 saturated carbocycles. The number of thiophene rings is 1. The molecule has 1 aromatic heterocycles. The number of benzene rings is 1. The summed E-state index contributed by atoms with van der Waals surface area (Å²) in [5.41, 5.74) is 2.32. The summed E-state index contributed by atoms with van der Waals surface area (Å²) in [6.45, 7) is 0.806. The molecule has 0 bridgehead atoms. The van der Waals surface area contributed by atoms with Gasteiger partial charge in [-0.15, -0.1) is 11.3 Å². The molecule has 0 saturated heterocycles. The maximum atomic E-state index is 6.15. The van der Waals surface area contributed by atoms with Crippen molar-refractivity contribution in [3.8, 4) is 10.4 Å². The van der Waals surface area contributed by atoms with E-state index in [1.807, 2.05) is 36.7 Å². The highest BCUT2D eigenvalue weighted by Gasteiger charge is 2.10. The van der Waals surface area contributed by atoms with Crippen molar-refractivity contribution in [3.05, 3.63) is 45.3 Å².